The molecule has 0 aliphatic carbocycles. The Morgan fingerprint density at radius 3 is 2.90 bits per heavy atom. The van der Waals surface area contributed by atoms with Crippen molar-refractivity contribution >= 4 is 22.9 Å². The molecule has 0 aromatic heterocycles. The van der Waals surface area contributed by atoms with Crippen molar-refractivity contribution < 1.29 is 37.9 Å². The number of hydrogen-bond acceptors (Lipinski definition) is 6. The van der Waals surface area contributed by atoms with Crippen molar-refractivity contribution in [3.8, 4) is 17.2 Å². The van der Waals surface area contributed by atoms with Crippen LogP contribution in [0, 0.1) is 20.8 Å². The Hall–Kier alpha value is -2.67. The number of benzene rings is 2. The number of carbonyl (C=O) groups excluding carboxylic acids is 2. The molecular formula is C24H27NO5S. The second kappa shape index (κ2) is 8.11. The number of fused-ring (bicyclic) bond motifs is 1. The van der Waals surface area contributed by atoms with Gasteiger partial charge in [0.1, 0.15) is 29.4 Å². The van der Waals surface area contributed by atoms with Gasteiger partial charge in [-0.05, 0) is 81.2 Å². The number of aromatic hydroxyl groups is 1. The van der Waals surface area contributed by atoms with Crippen molar-refractivity contribution in [2.24, 2.45) is 0 Å². The molecule has 2 amide bonds. The Morgan fingerprint density at radius 2 is 2.19 bits per heavy atom. The maximum Gasteiger partial charge on any atom is 0.286 e. The zero-order valence-corrected chi connectivity index (χ0v) is 17.9. The number of imide groups is 1. The van der Waals surface area contributed by atoms with Crippen LogP contribution in [0.15, 0.2) is 24.2 Å². The molecule has 2 aromatic carbocycles. The van der Waals surface area contributed by atoms with E-state index in [9.17, 15) is 14.7 Å². The van der Waals surface area contributed by atoms with E-state index in [1.807, 2.05) is 0 Å². The lowest BCUT2D eigenvalue weighted by molar-refractivity contribution is -0.118. The third-order valence-electron chi connectivity index (χ3n) is 5.25. The van der Waals surface area contributed by atoms with Gasteiger partial charge in [0.15, 0.2) is 1.41 Å². The minimum Gasteiger partial charge on any atom is -0.507 e. The SMILES string of the molecule is [2H]c1c(OC([2H])([2H])C2(C([2H])[2H])CCc3c(C)c(O)c(C)c(C)c3O2)ccc(C([2H])([2H])C2([2H])SC(=O)N([2H])C2=O)c1[2H]. The van der Waals surface area contributed by atoms with E-state index in [1.165, 1.54) is 0 Å². The first-order valence-electron chi connectivity index (χ1n) is 14.6. The highest BCUT2D eigenvalue weighted by molar-refractivity contribution is 8.15. The van der Waals surface area contributed by atoms with E-state index < -0.39 is 65.2 Å². The molecule has 1 saturated heterocycles. The number of thioether (sulfide) groups is 1. The monoisotopic (exact) mass is 451 g/mol. The van der Waals surface area contributed by atoms with Crippen molar-refractivity contribution in [1.29, 1.82) is 0 Å². The number of rotatable bonds is 5. The first-order valence-corrected chi connectivity index (χ1v) is 10.3. The molecule has 0 saturated carbocycles. The number of nitrogens with one attached hydrogen (secondary N) is 1. The molecule has 0 radical (unpaired) electrons. The summed E-state index contributed by atoms with van der Waals surface area (Å²) in [5.41, 5.74) is -0.720. The van der Waals surface area contributed by atoms with Gasteiger partial charge in [-0.3, -0.25) is 14.9 Å². The lowest BCUT2D eigenvalue weighted by Gasteiger charge is -2.37. The lowest BCUT2D eigenvalue weighted by Crippen LogP contribution is -2.42. The van der Waals surface area contributed by atoms with Crippen LogP contribution in [-0.4, -0.2) is 33.6 Å². The van der Waals surface area contributed by atoms with Crippen LogP contribution in [-0.2, 0) is 17.6 Å². The van der Waals surface area contributed by atoms with E-state index >= 15 is 0 Å². The third kappa shape index (κ3) is 4.24. The molecule has 2 unspecified atom stereocenters. The number of ether oxygens (including phenoxy) is 2. The topological polar surface area (TPSA) is 84.9 Å². The maximum atomic E-state index is 12.4. The molecule has 0 bridgehead atoms. The van der Waals surface area contributed by atoms with Gasteiger partial charge < -0.3 is 14.6 Å². The Balaban J connectivity index is 1.73. The maximum absolute atomic E-state index is 12.4. The first-order chi connectivity index (χ1) is 18.7. The van der Waals surface area contributed by atoms with Crippen LogP contribution >= 0.6 is 11.8 Å². The van der Waals surface area contributed by atoms with Crippen LogP contribution in [0.2, 0.25) is 1.41 Å². The standard InChI is InChI=1S/C24H27NO5S/c1-13-14(2)21-18(15(3)20(13)26)9-10-24(4,30-21)12-29-17-7-5-16(6-8-17)11-19-22(27)25-23(28)31-19/h5-8,19,26H,9-12H2,1-4H3,(H,25,27,28)/i4D2,5D,7D,11D2,12D2,19D/hD. The molecular weight excluding hydrogens is 414 g/mol. The summed E-state index contributed by atoms with van der Waals surface area (Å²) < 4.78 is 94.9. The molecule has 2 aliphatic rings. The zero-order valence-electron chi connectivity index (χ0n) is 27.1. The van der Waals surface area contributed by atoms with Gasteiger partial charge in [0, 0.05) is 11.0 Å². The van der Waals surface area contributed by atoms with Gasteiger partial charge in [-0.2, -0.15) is 0 Å². The van der Waals surface area contributed by atoms with E-state index in [-0.39, 0.29) is 41.4 Å². The quantitative estimate of drug-likeness (QED) is 0.702. The van der Waals surface area contributed by atoms with Crippen molar-refractivity contribution in [2.45, 2.75) is 57.7 Å². The number of hydrogen-bond donors (Lipinski definition) is 2. The number of carbonyl (C=O) groups is 2. The molecule has 0 spiro atoms. The molecule has 31 heavy (non-hydrogen) atoms. The highest BCUT2D eigenvalue weighted by atomic mass is 32.2. The minimum atomic E-state index is -3.02. The van der Waals surface area contributed by atoms with Gasteiger partial charge in [-0.25, -0.2) is 0 Å². The largest absolute Gasteiger partial charge is 0.507 e. The lowest BCUT2D eigenvalue weighted by atomic mass is 9.87. The third-order valence-corrected chi connectivity index (χ3v) is 6.00. The van der Waals surface area contributed by atoms with Crippen LogP contribution in [0.3, 0.4) is 0 Å². The van der Waals surface area contributed by atoms with E-state index in [4.69, 9.17) is 23.2 Å². The molecule has 164 valence electrons. The number of phenols is 1. The molecule has 1 fully saturated rings. The second-order valence-corrected chi connectivity index (χ2v) is 8.29. The summed E-state index contributed by atoms with van der Waals surface area (Å²) >= 11 is -0.0336. The summed E-state index contributed by atoms with van der Waals surface area (Å²) in [6.45, 7) is 0.125. The predicted octanol–water partition coefficient (Wildman–Crippen LogP) is 4.37. The molecule has 6 nitrogen and oxygen atoms in total. The zero-order chi connectivity index (χ0) is 31.0. The fraction of sp³-hybridized carbons (Fsp3) is 0.417. The summed E-state index contributed by atoms with van der Waals surface area (Å²) in [7, 11) is 0. The Kier molecular flexibility index (Phi) is 3.24. The molecule has 4 rings (SSSR count). The van der Waals surface area contributed by atoms with Crippen LogP contribution < -0.4 is 14.8 Å². The molecule has 2 N–H and O–H groups in total. The summed E-state index contributed by atoms with van der Waals surface area (Å²) in [4.78, 5) is 24.2. The highest BCUT2D eigenvalue weighted by Gasteiger charge is 2.35. The van der Waals surface area contributed by atoms with E-state index in [0.717, 1.165) is 12.1 Å². The average molecular weight is 452 g/mol. The summed E-state index contributed by atoms with van der Waals surface area (Å²) in [5, 5.41) is 6.29. The van der Waals surface area contributed by atoms with Crippen LogP contribution in [0.1, 0.15) is 53.5 Å². The average Bonchev–Trinajstić information content (AvgIpc) is 3.11. The van der Waals surface area contributed by atoms with Crippen LogP contribution in [0.5, 0.6) is 17.2 Å². The fourth-order valence-corrected chi connectivity index (χ4v) is 3.95. The van der Waals surface area contributed by atoms with Crippen molar-refractivity contribution in [2.75, 3.05) is 6.56 Å². The van der Waals surface area contributed by atoms with E-state index in [1.54, 1.807) is 20.8 Å². The Labute approximate surface area is 200 Å². The van der Waals surface area contributed by atoms with Crippen molar-refractivity contribution in [3.05, 3.63) is 52.0 Å². The highest BCUT2D eigenvalue weighted by Crippen LogP contribution is 2.43. The van der Waals surface area contributed by atoms with Crippen LogP contribution in [0.25, 0.3) is 0 Å². The molecule has 2 heterocycles. The van der Waals surface area contributed by atoms with Crippen molar-refractivity contribution in [1.82, 2.24) is 5.31 Å². The van der Waals surface area contributed by atoms with Gasteiger partial charge in [-0.15, -0.1) is 0 Å². The van der Waals surface area contributed by atoms with E-state index in [2.05, 4.69) is 0 Å². The predicted molar refractivity (Wildman–Crippen MR) is 120 cm³/mol. The summed E-state index contributed by atoms with van der Waals surface area (Å²) in [6.07, 6.45) is -3.08. The Bertz CT molecular complexity index is 1470. The fourth-order valence-electron chi connectivity index (χ4n) is 3.36. The number of phenolic OH excluding ortho intramolecular Hbond substituents is 1. The number of amides is 2. The van der Waals surface area contributed by atoms with Gasteiger partial charge in [-0.1, -0.05) is 23.9 Å². The second-order valence-electron chi connectivity index (χ2n) is 7.33. The molecule has 2 aliphatic heterocycles. The van der Waals surface area contributed by atoms with Gasteiger partial charge in [0.05, 0.1) is 12.1 Å². The molecule has 2 aromatic rings. The summed E-state index contributed by atoms with van der Waals surface area (Å²) in [6, 6.07) is 0.224. The molecule has 2 atom stereocenters. The van der Waals surface area contributed by atoms with Gasteiger partial charge >= 0.3 is 0 Å². The Morgan fingerprint density at radius 1 is 1.39 bits per heavy atom. The first kappa shape index (κ1) is 12.4. The summed E-state index contributed by atoms with van der Waals surface area (Å²) in [5.74, 6) is -1.72. The normalized spacial score (nSPS) is 31.0. The van der Waals surface area contributed by atoms with Gasteiger partial charge in [0.25, 0.3) is 5.24 Å². The van der Waals surface area contributed by atoms with Crippen LogP contribution in [0.4, 0.5) is 4.79 Å². The van der Waals surface area contributed by atoms with E-state index in [0.29, 0.717) is 22.3 Å². The van der Waals surface area contributed by atoms with Gasteiger partial charge in [0.2, 0.25) is 5.91 Å². The minimum absolute atomic E-state index is 0.0336. The van der Waals surface area contributed by atoms with Crippen molar-refractivity contribution in [3.63, 3.8) is 0 Å². The smallest absolute Gasteiger partial charge is 0.286 e. The molecule has 7 heteroatoms.